The molecule has 0 amide bonds. The molecule has 2 N–H and O–H groups in total. The molecule has 0 radical (unpaired) electrons. The number of anilines is 1. The van der Waals surface area contributed by atoms with Crippen molar-refractivity contribution in [3.63, 3.8) is 0 Å². The minimum atomic E-state index is 0. The molecule has 0 saturated carbocycles. The van der Waals surface area contributed by atoms with Crippen molar-refractivity contribution >= 4 is 24.1 Å². The predicted octanol–water partition coefficient (Wildman–Crippen LogP) is 8.61. The van der Waals surface area contributed by atoms with Gasteiger partial charge in [-0.05, 0) is 63.8 Å². The van der Waals surface area contributed by atoms with Gasteiger partial charge in [0.15, 0.2) is 5.96 Å². The largest absolute Gasteiger partial charge is 0.494 e. The number of ether oxygens (including phenoxy) is 1. The highest BCUT2D eigenvalue weighted by molar-refractivity contribution is 5.93. The fraction of sp³-hybridized carbons (Fsp3) is 0.424. The van der Waals surface area contributed by atoms with Crippen LogP contribution in [0.1, 0.15) is 83.6 Å². The summed E-state index contributed by atoms with van der Waals surface area (Å²) in [5.74, 6) is 1.24. The van der Waals surface area contributed by atoms with Crippen LogP contribution >= 0.6 is 12.4 Å². The quantitative estimate of drug-likeness (QED) is 0.164. The Hall–Kier alpha value is -2.98. The maximum absolute atomic E-state index is 8.94. The molecule has 0 aromatic heterocycles. The number of nitrogens with zero attached hydrogens (tertiary/aromatic N) is 1. The summed E-state index contributed by atoms with van der Waals surface area (Å²) >= 11 is 0. The Kier molecular flexibility index (Phi) is 11.3. The average molecular weight is 536 g/mol. The molecule has 0 aliphatic carbocycles. The maximum atomic E-state index is 8.94. The third kappa shape index (κ3) is 9.09. The van der Waals surface area contributed by atoms with Gasteiger partial charge in [-0.25, -0.2) is 0 Å². The number of hydrogen-bond donors (Lipinski definition) is 2. The molecule has 3 aromatic rings. The highest BCUT2D eigenvalue weighted by Crippen LogP contribution is 2.25. The van der Waals surface area contributed by atoms with Crippen molar-refractivity contribution in [3.8, 4) is 5.75 Å². The van der Waals surface area contributed by atoms with E-state index in [4.69, 9.17) is 10.1 Å². The zero-order chi connectivity index (χ0) is 27.1. The van der Waals surface area contributed by atoms with Crippen LogP contribution in [0, 0.1) is 5.41 Å². The molecule has 206 valence electrons. The highest BCUT2D eigenvalue weighted by atomic mass is 35.5. The normalized spacial score (nSPS) is 11.4. The van der Waals surface area contributed by atoms with Crippen LogP contribution in [0.4, 0.5) is 5.69 Å². The fourth-order valence-corrected chi connectivity index (χ4v) is 4.05. The van der Waals surface area contributed by atoms with E-state index in [2.05, 4.69) is 102 Å². The summed E-state index contributed by atoms with van der Waals surface area (Å²) < 4.78 is 5.86. The van der Waals surface area contributed by atoms with Gasteiger partial charge in [-0.1, -0.05) is 103 Å². The van der Waals surface area contributed by atoms with Gasteiger partial charge in [-0.2, -0.15) is 0 Å². The van der Waals surface area contributed by atoms with E-state index in [-0.39, 0.29) is 23.2 Å². The molecule has 0 fully saturated rings. The van der Waals surface area contributed by atoms with Crippen LogP contribution < -0.4 is 15.0 Å². The van der Waals surface area contributed by atoms with Gasteiger partial charge in [-0.15, -0.1) is 12.4 Å². The van der Waals surface area contributed by atoms with E-state index < -0.39 is 0 Å². The molecule has 0 saturated heterocycles. The van der Waals surface area contributed by atoms with E-state index in [1.165, 1.54) is 11.1 Å². The SMILES string of the molecule is CCCCOc1ccc(N(Cc2ccc(C(C)(C)C)cc2)C(=N)NCc2ccc(C(C)(C)C)cc2)cc1.Cl. The van der Waals surface area contributed by atoms with Gasteiger partial charge in [0.25, 0.3) is 0 Å². The van der Waals surface area contributed by atoms with E-state index in [1.807, 2.05) is 29.2 Å². The van der Waals surface area contributed by atoms with E-state index in [1.54, 1.807) is 0 Å². The van der Waals surface area contributed by atoms with Crippen molar-refractivity contribution in [3.05, 3.63) is 95.1 Å². The third-order valence-electron chi connectivity index (χ3n) is 6.63. The molecule has 5 heteroatoms. The Morgan fingerprint density at radius 2 is 1.26 bits per heavy atom. The van der Waals surface area contributed by atoms with Crippen molar-refractivity contribution < 1.29 is 4.74 Å². The first kappa shape index (κ1) is 31.2. The van der Waals surface area contributed by atoms with E-state index in [0.717, 1.165) is 42.0 Å². The molecule has 3 rings (SSSR count). The Balaban J connectivity index is 0.00000507. The van der Waals surface area contributed by atoms with E-state index in [0.29, 0.717) is 19.0 Å². The summed E-state index contributed by atoms with van der Waals surface area (Å²) in [7, 11) is 0. The lowest BCUT2D eigenvalue weighted by molar-refractivity contribution is 0.309. The topological polar surface area (TPSA) is 48.4 Å². The van der Waals surface area contributed by atoms with Gasteiger partial charge in [0.1, 0.15) is 5.75 Å². The van der Waals surface area contributed by atoms with Gasteiger partial charge in [0.05, 0.1) is 13.2 Å². The molecule has 0 bridgehead atoms. The number of unbranched alkanes of at least 4 members (excludes halogenated alkanes) is 1. The van der Waals surface area contributed by atoms with Crippen LogP contribution in [-0.2, 0) is 23.9 Å². The number of benzene rings is 3. The van der Waals surface area contributed by atoms with Crippen molar-refractivity contribution in [2.24, 2.45) is 0 Å². The third-order valence-corrected chi connectivity index (χ3v) is 6.63. The zero-order valence-corrected chi connectivity index (χ0v) is 25.0. The highest BCUT2D eigenvalue weighted by Gasteiger charge is 2.17. The first-order valence-corrected chi connectivity index (χ1v) is 13.5. The molecule has 3 aromatic carbocycles. The summed E-state index contributed by atoms with van der Waals surface area (Å²) in [5.41, 5.74) is 6.15. The smallest absolute Gasteiger partial charge is 0.196 e. The molecular formula is C33H46ClN3O. The zero-order valence-electron chi connectivity index (χ0n) is 24.2. The fourth-order valence-electron chi connectivity index (χ4n) is 4.05. The Bertz CT molecular complexity index is 1130. The van der Waals surface area contributed by atoms with Crippen LogP contribution in [-0.4, -0.2) is 12.6 Å². The summed E-state index contributed by atoms with van der Waals surface area (Å²) in [4.78, 5) is 2.02. The lowest BCUT2D eigenvalue weighted by Crippen LogP contribution is -2.40. The van der Waals surface area contributed by atoms with E-state index in [9.17, 15) is 0 Å². The number of halogens is 1. The lowest BCUT2D eigenvalue weighted by atomic mass is 9.87. The Morgan fingerprint density at radius 3 is 1.74 bits per heavy atom. The lowest BCUT2D eigenvalue weighted by Gasteiger charge is -2.27. The Labute approximate surface area is 236 Å². The van der Waals surface area contributed by atoms with Gasteiger partial charge in [0, 0.05) is 12.2 Å². The maximum Gasteiger partial charge on any atom is 0.196 e. The van der Waals surface area contributed by atoms with Crippen LogP contribution in [0.3, 0.4) is 0 Å². The first-order valence-electron chi connectivity index (χ1n) is 13.5. The van der Waals surface area contributed by atoms with Crippen molar-refractivity contribution in [2.75, 3.05) is 11.5 Å². The molecule has 0 aliphatic rings. The van der Waals surface area contributed by atoms with Crippen LogP contribution in [0.2, 0.25) is 0 Å². The summed E-state index contributed by atoms with van der Waals surface area (Å²) in [6, 6.07) is 25.5. The summed E-state index contributed by atoms with van der Waals surface area (Å²) in [5, 5.41) is 12.3. The number of guanidine groups is 1. The van der Waals surface area contributed by atoms with Crippen molar-refractivity contribution in [2.45, 2.75) is 85.2 Å². The Morgan fingerprint density at radius 1 is 0.763 bits per heavy atom. The predicted molar refractivity (Wildman–Crippen MR) is 165 cm³/mol. The van der Waals surface area contributed by atoms with Gasteiger partial charge in [-0.3, -0.25) is 5.41 Å². The molecule has 0 aliphatic heterocycles. The van der Waals surface area contributed by atoms with Crippen LogP contribution in [0.25, 0.3) is 0 Å². The second-order valence-electron chi connectivity index (χ2n) is 11.9. The van der Waals surface area contributed by atoms with Crippen molar-refractivity contribution in [1.29, 1.82) is 5.41 Å². The first-order chi connectivity index (χ1) is 17.5. The van der Waals surface area contributed by atoms with Gasteiger partial charge < -0.3 is 15.0 Å². The summed E-state index contributed by atoms with van der Waals surface area (Å²) in [6.07, 6.45) is 2.16. The van der Waals surface area contributed by atoms with E-state index >= 15 is 0 Å². The van der Waals surface area contributed by atoms with Crippen molar-refractivity contribution in [1.82, 2.24) is 5.32 Å². The minimum absolute atomic E-state index is 0. The average Bonchev–Trinajstić information content (AvgIpc) is 2.86. The summed E-state index contributed by atoms with van der Waals surface area (Å²) in [6.45, 7) is 17.5. The molecule has 0 atom stereocenters. The standard InChI is InChI=1S/C33H45N3O.ClH/c1-8-9-22-37-30-20-18-29(19-21-30)36(24-26-12-16-28(17-13-26)33(5,6)7)31(34)35-23-25-10-14-27(15-11-25)32(2,3)4;/h10-21H,8-9,22-24H2,1-7H3,(H2,34,35);1H. The number of hydrogen-bond acceptors (Lipinski definition) is 2. The second kappa shape index (κ2) is 13.7. The van der Waals surface area contributed by atoms with Crippen LogP contribution in [0.15, 0.2) is 72.8 Å². The van der Waals surface area contributed by atoms with Gasteiger partial charge in [0.2, 0.25) is 0 Å². The molecule has 0 unspecified atom stereocenters. The van der Waals surface area contributed by atoms with Gasteiger partial charge >= 0.3 is 0 Å². The molecular weight excluding hydrogens is 490 g/mol. The number of nitrogens with one attached hydrogen (secondary N) is 2. The minimum Gasteiger partial charge on any atom is -0.494 e. The number of rotatable bonds is 9. The van der Waals surface area contributed by atoms with Crippen LogP contribution in [0.5, 0.6) is 5.75 Å². The molecule has 4 nitrogen and oxygen atoms in total. The molecule has 0 spiro atoms. The monoisotopic (exact) mass is 535 g/mol. The second-order valence-corrected chi connectivity index (χ2v) is 11.9. The molecule has 38 heavy (non-hydrogen) atoms. The molecule has 0 heterocycles.